The molecule has 0 aromatic heterocycles. The van der Waals surface area contributed by atoms with E-state index in [-0.39, 0.29) is 24.8 Å². The Morgan fingerprint density at radius 2 is 1.66 bits per heavy atom. The Bertz CT molecular complexity index is 1090. The van der Waals surface area contributed by atoms with Crippen molar-refractivity contribution in [3.8, 4) is 5.75 Å². The van der Waals surface area contributed by atoms with E-state index in [9.17, 15) is 14.0 Å². The first kappa shape index (κ1) is 25.9. The van der Waals surface area contributed by atoms with Crippen LogP contribution in [-0.2, 0) is 22.6 Å². The SMILES string of the molecule is CCNC(=O)[C@H](Cc1ccccc1)N(Cc1ccccc1F)C(=O)CCCOc1ccc(C)cc1. The van der Waals surface area contributed by atoms with E-state index in [1.807, 2.05) is 68.4 Å². The molecule has 0 saturated carbocycles. The Morgan fingerprint density at radius 3 is 2.34 bits per heavy atom. The second-order valence-corrected chi connectivity index (χ2v) is 8.48. The van der Waals surface area contributed by atoms with E-state index in [0.29, 0.717) is 31.6 Å². The Kier molecular flexibility index (Phi) is 9.84. The van der Waals surface area contributed by atoms with Gasteiger partial charge < -0.3 is 15.0 Å². The molecule has 0 unspecified atom stereocenters. The highest BCUT2D eigenvalue weighted by Gasteiger charge is 2.30. The van der Waals surface area contributed by atoms with E-state index in [1.165, 1.54) is 11.0 Å². The van der Waals surface area contributed by atoms with Crippen LogP contribution in [0.4, 0.5) is 4.39 Å². The van der Waals surface area contributed by atoms with Crippen LogP contribution in [0.3, 0.4) is 0 Å². The third kappa shape index (κ3) is 7.95. The maximum absolute atomic E-state index is 14.5. The largest absolute Gasteiger partial charge is 0.494 e. The Hall–Kier alpha value is -3.67. The zero-order chi connectivity index (χ0) is 25.0. The molecule has 1 atom stereocenters. The summed E-state index contributed by atoms with van der Waals surface area (Å²) >= 11 is 0. The topological polar surface area (TPSA) is 58.6 Å². The Balaban J connectivity index is 1.77. The molecular weight excluding hydrogens is 443 g/mol. The summed E-state index contributed by atoms with van der Waals surface area (Å²) in [5.41, 5.74) is 2.45. The van der Waals surface area contributed by atoms with Crippen molar-refractivity contribution in [2.24, 2.45) is 0 Å². The van der Waals surface area contributed by atoms with Crippen LogP contribution in [0.5, 0.6) is 5.75 Å². The van der Waals surface area contributed by atoms with Crippen molar-refractivity contribution in [2.45, 2.75) is 45.7 Å². The van der Waals surface area contributed by atoms with Crippen LogP contribution in [0.1, 0.15) is 36.5 Å². The van der Waals surface area contributed by atoms with Crippen LogP contribution < -0.4 is 10.1 Å². The van der Waals surface area contributed by atoms with E-state index in [4.69, 9.17) is 4.74 Å². The Labute approximate surface area is 206 Å². The number of hydrogen-bond acceptors (Lipinski definition) is 3. The van der Waals surface area contributed by atoms with E-state index >= 15 is 0 Å². The standard InChI is InChI=1S/C29H33FN2O3/c1-3-31-29(34)27(20-23-10-5-4-6-11-23)32(21-24-12-7-8-13-26(24)30)28(33)14-9-19-35-25-17-15-22(2)16-18-25/h4-8,10-13,15-18,27H,3,9,14,19-21H2,1-2H3,(H,31,34)/t27-/m0/s1. The number of halogens is 1. The molecule has 0 aliphatic rings. The number of carbonyl (C=O) groups excluding carboxylic acids is 2. The highest BCUT2D eigenvalue weighted by Crippen LogP contribution is 2.18. The fourth-order valence-electron chi connectivity index (χ4n) is 3.85. The highest BCUT2D eigenvalue weighted by molar-refractivity contribution is 5.88. The first-order valence-electron chi connectivity index (χ1n) is 12.0. The smallest absolute Gasteiger partial charge is 0.243 e. The Morgan fingerprint density at radius 1 is 0.971 bits per heavy atom. The van der Waals surface area contributed by atoms with Gasteiger partial charge in [-0.3, -0.25) is 9.59 Å². The summed E-state index contributed by atoms with van der Waals surface area (Å²) in [5, 5.41) is 2.84. The fraction of sp³-hybridized carbons (Fsp3) is 0.310. The van der Waals surface area contributed by atoms with Crippen LogP contribution in [0, 0.1) is 12.7 Å². The van der Waals surface area contributed by atoms with Gasteiger partial charge in [0.25, 0.3) is 0 Å². The van der Waals surface area contributed by atoms with Crippen molar-refractivity contribution >= 4 is 11.8 Å². The molecule has 35 heavy (non-hydrogen) atoms. The van der Waals surface area contributed by atoms with Gasteiger partial charge >= 0.3 is 0 Å². The number of amides is 2. The minimum Gasteiger partial charge on any atom is -0.494 e. The van der Waals surface area contributed by atoms with Crippen LogP contribution in [0.15, 0.2) is 78.9 Å². The lowest BCUT2D eigenvalue weighted by Gasteiger charge is -2.31. The van der Waals surface area contributed by atoms with E-state index in [0.717, 1.165) is 16.9 Å². The van der Waals surface area contributed by atoms with Gasteiger partial charge in [-0.1, -0.05) is 66.2 Å². The fourth-order valence-corrected chi connectivity index (χ4v) is 3.85. The second kappa shape index (κ2) is 13.3. The first-order chi connectivity index (χ1) is 17.0. The van der Waals surface area contributed by atoms with Gasteiger partial charge in [0.05, 0.1) is 6.61 Å². The van der Waals surface area contributed by atoms with Crippen molar-refractivity contribution < 1.29 is 18.7 Å². The predicted molar refractivity (Wildman–Crippen MR) is 135 cm³/mol. The number of carbonyl (C=O) groups is 2. The molecule has 1 N–H and O–H groups in total. The molecule has 0 aliphatic heterocycles. The molecule has 0 bridgehead atoms. The van der Waals surface area contributed by atoms with Crippen LogP contribution in [0.2, 0.25) is 0 Å². The number of nitrogens with zero attached hydrogens (tertiary/aromatic N) is 1. The summed E-state index contributed by atoms with van der Waals surface area (Å²) in [6.07, 6.45) is 1.01. The molecule has 0 heterocycles. The highest BCUT2D eigenvalue weighted by atomic mass is 19.1. The van der Waals surface area contributed by atoms with Gasteiger partial charge in [0.2, 0.25) is 11.8 Å². The zero-order valence-corrected chi connectivity index (χ0v) is 20.4. The first-order valence-corrected chi connectivity index (χ1v) is 12.0. The molecule has 6 heteroatoms. The van der Waals surface area contributed by atoms with Crippen LogP contribution in [-0.4, -0.2) is 35.9 Å². The average Bonchev–Trinajstić information content (AvgIpc) is 2.86. The maximum atomic E-state index is 14.5. The van der Waals surface area contributed by atoms with Crippen molar-refractivity contribution in [1.82, 2.24) is 10.2 Å². The van der Waals surface area contributed by atoms with Crippen molar-refractivity contribution in [1.29, 1.82) is 0 Å². The monoisotopic (exact) mass is 476 g/mol. The summed E-state index contributed by atoms with van der Waals surface area (Å²) in [5.74, 6) is -0.122. The maximum Gasteiger partial charge on any atom is 0.243 e. The molecule has 0 radical (unpaired) electrons. The molecule has 3 aromatic carbocycles. The predicted octanol–water partition coefficient (Wildman–Crippen LogP) is 5.07. The summed E-state index contributed by atoms with van der Waals surface area (Å²) in [6.45, 7) is 4.66. The molecule has 3 aromatic rings. The molecule has 5 nitrogen and oxygen atoms in total. The quantitative estimate of drug-likeness (QED) is 0.372. The molecule has 0 saturated heterocycles. The molecule has 0 fully saturated rings. The summed E-state index contributed by atoms with van der Waals surface area (Å²) in [7, 11) is 0. The lowest BCUT2D eigenvalue weighted by atomic mass is 10.0. The van der Waals surface area contributed by atoms with Gasteiger partial charge in [-0.05, 0) is 44.0 Å². The van der Waals surface area contributed by atoms with E-state index < -0.39 is 11.9 Å². The molecule has 184 valence electrons. The number of aryl methyl sites for hydroxylation is 1. The normalized spacial score (nSPS) is 11.5. The molecular formula is C29H33FN2O3. The number of ether oxygens (including phenoxy) is 1. The molecule has 2 amide bonds. The van der Waals surface area contributed by atoms with Crippen LogP contribution in [0.25, 0.3) is 0 Å². The lowest BCUT2D eigenvalue weighted by molar-refractivity contribution is -0.141. The molecule has 3 rings (SSSR count). The van der Waals surface area contributed by atoms with E-state index in [2.05, 4.69) is 5.32 Å². The summed E-state index contributed by atoms with van der Waals surface area (Å²) < 4.78 is 20.3. The number of hydrogen-bond donors (Lipinski definition) is 1. The zero-order valence-electron chi connectivity index (χ0n) is 20.4. The number of benzene rings is 3. The average molecular weight is 477 g/mol. The summed E-state index contributed by atoms with van der Waals surface area (Å²) in [4.78, 5) is 28.0. The van der Waals surface area contributed by atoms with Gasteiger partial charge in [-0.15, -0.1) is 0 Å². The van der Waals surface area contributed by atoms with E-state index in [1.54, 1.807) is 18.2 Å². The van der Waals surface area contributed by atoms with Gasteiger partial charge in [0, 0.05) is 31.5 Å². The third-order valence-electron chi connectivity index (χ3n) is 5.75. The van der Waals surface area contributed by atoms with Gasteiger partial charge in [0.15, 0.2) is 0 Å². The molecule has 0 spiro atoms. The van der Waals surface area contributed by atoms with Gasteiger partial charge in [0.1, 0.15) is 17.6 Å². The number of nitrogens with one attached hydrogen (secondary N) is 1. The number of rotatable bonds is 12. The van der Waals surface area contributed by atoms with Gasteiger partial charge in [-0.25, -0.2) is 4.39 Å². The minimum absolute atomic E-state index is 0.0129. The van der Waals surface area contributed by atoms with Crippen LogP contribution >= 0.6 is 0 Å². The second-order valence-electron chi connectivity index (χ2n) is 8.48. The lowest BCUT2D eigenvalue weighted by Crippen LogP contribution is -2.50. The van der Waals surface area contributed by atoms with Gasteiger partial charge in [-0.2, -0.15) is 0 Å². The minimum atomic E-state index is -0.762. The van der Waals surface area contributed by atoms with Crippen molar-refractivity contribution in [3.05, 3.63) is 101 Å². The van der Waals surface area contributed by atoms with Crippen molar-refractivity contribution in [3.63, 3.8) is 0 Å². The number of likely N-dealkylation sites (N-methyl/N-ethyl adjacent to an activating group) is 1. The third-order valence-corrected chi connectivity index (χ3v) is 5.75. The molecule has 0 aliphatic carbocycles. The summed E-state index contributed by atoms with van der Waals surface area (Å²) in [6, 6.07) is 22.9. The van der Waals surface area contributed by atoms with Crippen molar-refractivity contribution in [2.75, 3.05) is 13.2 Å².